The molecule has 120 valence electrons. The minimum Gasteiger partial charge on any atom is -0.373 e. The quantitative estimate of drug-likeness (QED) is 0.798. The van der Waals surface area contributed by atoms with E-state index in [-0.39, 0.29) is 0 Å². The summed E-state index contributed by atoms with van der Waals surface area (Å²) in [4.78, 5) is 14.0. The summed E-state index contributed by atoms with van der Waals surface area (Å²) in [6, 6.07) is 0.415. The first-order valence-electron chi connectivity index (χ1n) is 7.91. The van der Waals surface area contributed by atoms with Crippen molar-refractivity contribution in [2.75, 3.05) is 44.4 Å². The van der Waals surface area contributed by atoms with E-state index in [2.05, 4.69) is 61.9 Å². The molecule has 1 rings (SSSR count). The molecule has 1 atom stereocenters. The molecule has 0 saturated heterocycles. The Morgan fingerprint density at radius 1 is 1.19 bits per heavy atom. The Balaban J connectivity index is 3.20. The Bertz CT molecular complexity index is 445. The van der Waals surface area contributed by atoms with Crippen molar-refractivity contribution in [1.29, 1.82) is 0 Å². The van der Waals surface area contributed by atoms with Gasteiger partial charge in [0.15, 0.2) is 0 Å². The molecule has 21 heavy (non-hydrogen) atoms. The normalized spacial score (nSPS) is 12.6. The molecular weight excluding hydrogens is 262 g/mol. The predicted molar refractivity (Wildman–Crippen MR) is 91.3 cm³/mol. The van der Waals surface area contributed by atoms with E-state index < -0.39 is 0 Å². The highest BCUT2D eigenvalue weighted by molar-refractivity contribution is 5.59. The van der Waals surface area contributed by atoms with Crippen molar-refractivity contribution in [2.45, 2.75) is 46.6 Å². The van der Waals surface area contributed by atoms with E-state index in [1.165, 1.54) is 0 Å². The van der Waals surface area contributed by atoms with Gasteiger partial charge in [-0.05, 0) is 41.3 Å². The summed E-state index contributed by atoms with van der Waals surface area (Å²) < 4.78 is 0. The van der Waals surface area contributed by atoms with Crippen LogP contribution in [-0.2, 0) is 6.42 Å². The zero-order valence-corrected chi connectivity index (χ0v) is 14.7. The highest BCUT2D eigenvalue weighted by atomic mass is 15.3. The molecule has 1 heterocycles. The van der Waals surface area contributed by atoms with E-state index in [0.717, 1.165) is 49.0 Å². The molecular formula is C16H31N5. The van der Waals surface area contributed by atoms with Crippen molar-refractivity contribution in [3.63, 3.8) is 0 Å². The molecule has 0 radical (unpaired) electrons. The second-order valence-electron chi connectivity index (χ2n) is 5.83. The lowest BCUT2D eigenvalue weighted by Crippen LogP contribution is -2.41. The molecule has 0 fully saturated rings. The van der Waals surface area contributed by atoms with Crippen LogP contribution in [0.4, 0.5) is 11.6 Å². The number of aryl methyl sites for hydroxylation is 1. The third-order valence-electron chi connectivity index (χ3n) is 3.65. The Morgan fingerprint density at radius 2 is 1.86 bits per heavy atom. The van der Waals surface area contributed by atoms with Gasteiger partial charge in [-0.25, -0.2) is 9.97 Å². The molecule has 0 aliphatic carbocycles. The summed E-state index contributed by atoms with van der Waals surface area (Å²) in [5.41, 5.74) is 1.13. The lowest BCUT2D eigenvalue weighted by Gasteiger charge is -2.32. The maximum atomic E-state index is 4.83. The van der Waals surface area contributed by atoms with Crippen LogP contribution in [0.1, 0.15) is 38.6 Å². The standard InChI is InChI=1S/C16H31N5/c1-8-10-14-18-15(17-5)13(4)16(19-14)21(9-2)12(3)11-20(6)7/h12H,8-11H2,1-7H3,(H,17,18,19). The summed E-state index contributed by atoms with van der Waals surface area (Å²) in [6.45, 7) is 10.7. The number of aromatic nitrogens is 2. The first-order chi connectivity index (χ1) is 9.94. The van der Waals surface area contributed by atoms with Crippen molar-refractivity contribution in [1.82, 2.24) is 14.9 Å². The van der Waals surface area contributed by atoms with Crippen molar-refractivity contribution in [3.05, 3.63) is 11.4 Å². The molecule has 0 aliphatic heterocycles. The van der Waals surface area contributed by atoms with E-state index >= 15 is 0 Å². The van der Waals surface area contributed by atoms with Crippen LogP contribution in [0.2, 0.25) is 0 Å². The Labute approximate surface area is 129 Å². The molecule has 0 saturated carbocycles. The number of nitrogens with zero attached hydrogens (tertiary/aromatic N) is 4. The molecule has 1 aromatic heterocycles. The summed E-state index contributed by atoms with van der Waals surface area (Å²) in [7, 11) is 6.14. The van der Waals surface area contributed by atoms with Gasteiger partial charge in [0.1, 0.15) is 17.5 Å². The molecule has 5 nitrogen and oxygen atoms in total. The van der Waals surface area contributed by atoms with Gasteiger partial charge in [-0.1, -0.05) is 6.92 Å². The SMILES string of the molecule is CCCc1nc(NC)c(C)c(N(CC)C(C)CN(C)C)n1. The summed E-state index contributed by atoms with van der Waals surface area (Å²) in [5.74, 6) is 2.94. The van der Waals surface area contributed by atoms with Crippen LogP contribution >= 0.6 is 0 Å². The number of nitrogens with one attached hydrogen (secondary N) is 1. The molecule has 1 N–H and O–H groups in total. The van der Waals surface area contributed by atoms with Crippen molar-refractivity contribution in [3.8, 4) is 0 Å². The monoisotopic (exact) mass is 293 g/mol. The molecule has 1 unspecified atom stereocenters. The fourth-order valence-electron chi connectivity index (χ4n) is 2.71. The van der Waals surface area contributed by atoms with E-state index in [4.69, 9.17) is 4.98 Å². The Morgan fingerprint density at radius 3 is 2.33 bits per heavy atom. The molecule has 0 bridgehead atoms. The first kappa shape index (κ1) is 17.7. The highest BCUT2D eigenvalue weighted by Crippen LogP contribution is 2.25. The number of rotatable bonds is 8. The third-order valence-corrected chi connectivity index (χ3v) is 3.65. The minimum absolute atomic E-state index is 0.415. The van der Waals surface area contributed by atoms with Crippen LogP contribution in [0.25, 0.3) is 0 Å². The predicted octanol–water partition coefficient (Wildman–Crippen LogP) is 2.56. The maximum absolute atomic E-state index is 4.83. The number of hydrogen-bond donors (Lipinski definition) is 1. The summed E-state index contributed by atoms with van der Waals surface area (Å²) >= 11 is 0. The summed E-state index contributed by atoms with van der Waals surface area (Å²) in [5, 5.41) is 3.20. The van der Waals surface area contributed by atoms with E-state index in [1.807, 2.05) is 7.05 Å². The van der Waals surface area contributed by atoms with Gasteiger partial charge in [-0.3, -0.25) is 0 Å². The van der Waals surface area contributed by atoms with Crippen LogP contribution in [-0.4, -0.2) is 55.1 Å². The average molecular weight is 293 g/mol. The summed E-state index contributed by atoms with van der Waals surface area (Å²) in [6.07, 6.45) is 1.98. The first-order valence-corrected chi connectivity index (χ1v) is 7.91. The van der Waals surface area contributed by atoms with Gasteiger partial charge in [0.05, 0.1) is 0 Å². The molecule has 5 heteroatoms. The van der Waals surface area contributed by atoms with Gasteiger partial charge in [0, 0.05) is 38.2 Å². The fraction of sp³-hybridized carbons (Fsp3) is 0.750. The lowest BCUT2D eigenvalue weighted by molar-refractivity contribution is 0.372. The van der Waals surface area contributed by atoms with Crippen LogP contribution in [0.3, 0.4) is 0 Å². The van der Waals surface area contributed by atoms with Gasteiger partial charge in [-0.15, -0.1) is 0 Å². The Hall–Kier alpha value is -1.36. The molecule has 0 aromatic carbocycles. The molecule has 0 amide bonds. The number of anilines is 2. The van der Waals surface area contributed by atoms with Crippen molar-refractivity contribution >= 4 is 11.6 Å². The van der Waals surface area contributed by atoms with Crippen molar-refractivity contribution < 1.29 is 0 Å². The van der Waals surface area contributed by atoms with E-state index in [9.17, 15) is 0 Å². The van der Waals surface area contributed by atoms with Gasteiger partial charge in [-0.2, -0.15) is 0 Å². The Kier molecular flexibility index (Phi) is 6.89. The van der Waals surface area contributed by atoms with Gasteiger partial charge < -0.3 is 15.1 Å². The van der Waals surface area contributed by atoms with Crippen LogP contribution < -0.4 is 10.2 Å². The number of likely N-dealkylation sites (N-methyl/N-ethyl adjacent to an activating group) is 2. The largest absolute Gasteiger partial charge is 0.373 e. The van der Waals surface area contributed by atoms with Crippen LogP contribution in [0, 0.1) is 6.92 Å². The average Bonchev–Trinajstić information content (AvgIpc) is 2.42. The van der Waals surface area contributed by atoms with Gasteiger partial charge >= 0.3 is 0 Å². The molecule has 0 spiro atoms. The second-order valence-corrected chi connectivity index (χ2v) is 5.83. The number of hydrogen-bond acceptors (Lipinski definition) is 5. The van der Waals surface area contributed by atoms with Crippen LogP contribution in [0.5, 0.6) is 0 Å². The highest BCUT2D eigenvalue weighted by Gasteiger charge is 2.20. The van der Waals surface area contributed by atoms with Gasteiger partial charge in [0.25, 0.3) is 0 Å². The zero-order valence-electron chi connectivity index (χ0n) is 14.7. The molecule has 1 aromatic rings. The molecule has 0 aliphatic rings. The topological polar surface area (TPSA) is 44.3 Å². The third kappa shape index (κ3) is 4.56. The van der Waals surface area contributed by atoms with E-state index in [1.54, 1.807) is 0 Å². The zero-order chi connectivity index (χ0) is 16.0. The minimum atomic E-state index is 0.415. The van der Waals surface area contributed by atoms with Crippen molar-refractivity contribution in [2.24, 2.45) is 0 Å². The van der Waals surface area contributed by atoms with E-state index in [0.29, 0.717) is 6.04 Å². The maximum Gasteiger partial charge on any atom is 0.137 e. The van der Waals surface area contributed by atoms with Crippen LogP contribution in [0.15, 0.2) is 0 Å². The fourth-order valence-corrected chi connectivity index (χ4v) is 2.71. The lowest BCUT2D eigenvalue weighted by atomic mass is 10.2. The second kappa shape index (κ2) is 8.17. The van der Waals surface area contributed by atoms with Gasteiger partial charge in [0.2, 0.25) is 0 Å². The smallest absolute Gasteiger partial charge is 0.137 e.